The summed E-state index contributed by atoms with van der Waals surface area (Å²) >= 11 is 0. The molecule has 0 aliphatic carbocycles. The molecular formula is C25H17F2N5O2. The number of fused-ring (bicyclic) bond motifs is 4. The summed E-state index contributed by atoms with van der Waals surface area (Å²) in [5, 5.41) is 0. The van der Waals surface area contributed by atoms with E-state index in [-0.39, 0.29) is 6.02 Å². The molecule has 0 fully saturated rings. The van der Waals surface area contributed by atoms with Gasteiger partial charge in [0.05, 0.1) is 5.56 Å². The SMILES string of the molecule is NC1=NCC[C@]2(O1)c1cc(-c3cccnc3F)ccc1Oc1ncc(-c3ccnc(F)c3)cc12. The summed E-state index contributed by atoms with van der Waals surface area (Å²) in [6.07, 6.45) is 4.84. The van der Waals surface area contributed by atoms with E-state index in [1.54, 1.807) is 36.5 Å². The zero-order chi connectivity index (χ0) is 23.3. The van der Waals surface area contributed by atoms with E-state index in [1.807, 2.05) is 12.1 Å². The lowest BCUT2D eigenvalue weighted by Gasteiger charge is -2.41. The van der Waals surface area contributed by atoms with E-state index in [4.69, 9.17) is 15.2 Å². The highest BCUT2D eigenvalue weighted by molar-refractivity contribution is 5.76. The Bertz CT molecular complexity index is 1480. The maximum Gasteiger partial charge on any atom is 0.283 e. The second kappa shape index (κ2) is 7.58. The van der Waals surface area contributed by atoms with Crippen molar-refractivity contribution in [2.24, 2.45) is 10.7 Å². The predicted octanol–water partition coefficient (Wildman–Crippen LogP) is 4.57. The Labute approximate surface area is 193 Å². The predicted molar refractivity (Wildman–Crippen MR) is 120 cm³/mol. The second-order valence-electron chi connectivity index (χ2n) is 8.00. The van der Waals surface area contributed by atoms with Crippen LogP contribution in [0, 0.1) is 11.9 Å². The molecular weight excluding hydrogens is 440 g/mol. The first-order chi connectivity index (χ1) is 16.5. The van der Waals surface area contributed by atoms with E-state index >= 15 is 0 Å². The van der Waals surface area contributed by atoms with Gasteiger partial charge in [-0.25, -0.2) is 19.9 Å². The molecule has 4 aromatic rings. The molecule has 168 valence electrons. The number of ether oxygens (including phenoxy) is 2. The number of aliphatic imine (C=N–C) groups is 1. The minimum absolute atomic E-state index is 0.0309. The third-order valence-corrected chi connectivity index (χ3v) is 6.05. The number of hydrogen-bond acceptors (Lipinski definition) is 7. The van der Waals surface area contributed by atoms with Crippen molar-refractivity contribution in [2.45, 2.75) is 12.0 Å². The van der Waals surface area contributed by atoms with E-state index in [0.29, 0.717) is 58.0 Å². The van der Waals surface area contributed by atoms with Gasteiger partial charge in [0.1, 0.15) is 5.75 Å². The first kappa shape index (κ1) is 20.2. The summed E-state index contributed by atoms with van der Waals surface area (Å²) < 4.78 is 40.6. The van der Waals surface area contributed by atoms with Crippen LogP contribution in [0.25, 0.3) is 22.3 Å². The molecule has 3 aromatic heterocycles. The zero-order valence-electron chi connectivity index (χ0n) is 17.7. The fraction of sp³-hybridized carbons (Fsp3) is 0.120. The van der Waals surface area contributed by atoms with Gasteiger partial charge in [-0.3, -0.25) is 0 Å². The smallest absolute Gasteiger partial charge is 0.283 e. The van der Waals surface area contributed by atoms with Crippen molar-refractivity contribution in [1.29, 1.82) is 0 Å². The summed E-state index contributed by atoms with van der Waals surface area (Å²) in [6, 6.07) is 13.5. The molecule has 0 bridgehead atoms. The molecule has 6 rings (SSSR count). The number of nitrogens with zero attached hydrogens (tertiary/aromatic N) is 4. The van der Waals surface area contributed by atoms with Crippen molar-refractivity contribution in [3.63, 3.8) is 0 Å². The van der Waals surface area contributed by atoms with Gasteiger partial charge in [0.2, 0.25) is 17.8 Å². The van der Waals surface area contributed by atoms with E-state index in [9.17, 15) is 8.78 Å². The van der Waals surface area contributed by atoms with Crippen molar-refractivity contribution in [1.82, 2.24) is 15.0 Å². The maximum absolute atomic E-state index is 14.5. The van der Waals surface area contributed by atoms with Crippen LogP contribution in [0.4, 0.5) is 8.78 Å². The Balaban J connectivity index is 1.56. The molecule has 2 aliphatic heterocycles. The molecule has 9 heteroatoms. The number of amidine groups is 1. The standard InChI is InChI=1S/C25H17F2N5O2/c26-21-12-14(5-8-29-21)16-11-19-23(32-13-16)33-20-4-3-15(17-2-1-7-30-22(17)27)10-18(20)25(19)6-9-31-24(28)34-25/h1-5,7-8,10-13H,6,9H2,(H2,28,31)/t25-/m0/s1. The van der Waals surface area contributed by atoms with Crippen molar-refractivity contribution >= 4 is 6.02 Å². The average Bonchev–Trinajstić information content (AvgIpc) is 2.84. The quantitative estimate of drug-likeness (QED) is 0.443. The molecule has 2 aliphatic rings. The molecule has 0 unspecified atom stereocenters. The zero-order valence-corrected chi connectivity index (χ0v) is 17.7. The Morgan fingerprint density at radius 2 is 1.76 bits per heavy atom. The van der Waals surface area contributed by atoms with Gasteiger partial charge in [0.25, 0.3) is 6.02 Å². The Morgan fingerprint density at radius 1 is 0.882 bits per heavy atom. The van der Waals surface area contributed by atoms with E-state index < -0.39 is 17.5 Å². The lowest BCUT2D eigenvalue weighted by molar-refractivity contribution is 0.0627. The molecule has 7 nitrogen and oxygen atoms in total. The fourth-order valence-electron chi connectivity index (χ4n) is 4.48. The number of aromatic nitrogens is 3. The molecule has 1 atom stereocenters. The highest BCUT2D eigenvalue weighted by atomic mass is 19.1. The minimum atomic E-state index is -1.07. The van der Waals surface area contributed by atoms with Crippen LogP contribution < -0.4 is 10.5 Å². The van der Waals surface area contributed by atoms with Crippen LogP contribution in [-0.2, 0) is 10.3 Å². The lowest BCUT2D eigenvalue weighted by atomic mass is 9.79. The lowest BCUT2D eigenvalue weighted by Crippen LogP contribution is -2.42. The van der Waals surface area contributed by atoms with Crippen LogP contribution in [0.5, 0.6) is 11.6 Å². The van der Waals surface area contributed by atoms with E-state index in [1.165, 1.54) is 18.5 Å². The third kappa shape index (κ3) is 3.16. The molecule has 34 heavy (non-hydrogen) atoms. The van der Waals surface area contributed by atoms with Crippen LogP contribution in [0.2, 0.25) is 0 Å². The molecule has 1 aromatic carbocycles. The van der Waals surface area contributed by atoms with Gasteiger partial charge in [-0.2, -0.15) is 8.78 Å². The van der Waals surface area contributed by atoms with Gasteiger partial charge < -0.3 is 15.2 Å². The topological polar surface area (TPSA) is 95.5 Å². The van der Waals surface area contributed by atoms with Gasteiger partial charge >= 0.3 is 0 Å². The normalized spacial score (nSPS) is 18.4. The van der Waals surface area contributed by atoms with Crippen LogP contribution in [-0.4, -0.2) is 27.5 Å². The monoisotopic (exact) mass is 457 g/mol. The maximum atomic E-state index is 14.5. The summed E-state index contributed by atoms with van der Waals surface area (Å²) in [4.78, 5) is 16.1. The first-order valence-corrected chi connectivity index (χ1v) is 10.6. The number of hydrogen-bond donors (Lipinski definition) is 1. The van der Waals surface area contributed by atoms with Gasteiger partial charge in [-0.05, 0) is 47.5 Å². The molecule has 2 N–H and O–H groups in total. The molecule has 5 heterocycles. The van der Waals surface area contributed by atoms with Crippen LogP contribution in [0.3, 0.4) is 0 Å². The number of benzene rings is 1. The van der Waals surface area contributed by atoms with Crippen molar-refractivity contribution in [2.75, 3.05) is 6.54 Å². The third-order valence-electron chi connectivity index (χ3n) is 6.05. The highest BCUT2D eigenvalue weighted by Gasteiger charge is 2.47. The Kier molecular flexibility index (Phi) is 4.51. The summed E-state index contributed by atoms with van der Waals surface area (Å²) in [6.45, 7) is 0.407. The Hall–Kier alpha value is -4.40. The summed E-state index contributed by atoms with van der Waals surface area (Å²) in [5.41, 5.74) is 8.47. The molecule has 0 amide bonds. The fourth-order valence-corrected chi connectivity index (χ4v) is 4.48. The number of halogens is 2. The minimum Gasteiger partial charge on any atom is -0.449 e. The largest absolute Gasteiger partial charge is 0.449 e. The molecule has 0 saturated heterocycles. The first-order valence-electron chi connectivity index (χ1n) is 10.6. The van der Waals surface area contributed by atoms with Gasteiger partial charge in [-0.1, -0.05) is 6.07 Å². The summed E-state index contributed by atoms with van der Waals surface area (Å²) in [5.74, 6) is -0.311. The van der Waals surface area contributed by atoms with Crippen LogP contribution >= 0.6 is 0 Å². The number of pyridine rings is 3. The van der Waals surface area contributed by atoms with Gasteiger partial charge in [0, 0.05) is 54.3 Å². The van der Waals surface area contributed by atoms with Gasteiger partial charge in [-0.15, -0.1) is 0 Å². The molecule has 1 spiro atoms. The number of nitrogens with two attached hydrogens (primary N) is 1. The van der Waals surface area contributed by atoms with Crippen molar-refractivity contribution in [3.05, 3.63) is 90.1 Å². The summed E-state index contributed by atoms with van der Waals surface area (Å²) in [7, 11) is 0. The second-order valence-corrected chi connectivity index (χ2v) is 8.00. The van der Waals surface area contributed by atoms with E-state index in [2.05, 4.69) is 19.9 Å². The van der Waals surface area contributed by atoms with Crippen molar-refractivity contribution in [3.8, 4) is 33.9 Å². The Morgan fingerprint density at radius 3 is 2.59 bits per heavy atom. The van der Waals surface area contributed by atoms with Crippen LogP contribution in [0.1, 0.15) is 17.5 Å². The molecule has 0 saturated carbocycles. The van der Waals surface area contributed by atoms with E-state index in [0.717, 1.165) is 0 Å². The molecule has 0 radical (unpaired) electrons. The average molecular weight is 457 g/mol. The van der Waals surface area contributed by atoms with Crippen molar-refractivity contribution < 1.29 is 18.3 Å². The number of rotatable bonds is 2. The van der Waals surface area contributed by atoms with Gasteiger partial charge in [0.15, 0.2) is 5.60 Å². The highest BCUT2D eigenvalue weighted by Crippen LogP contribution is 2.52. The van der Waals surface area contributed by atoms with Crippen LogP contribution in [0.15, 0.2) is 72.1 Å².